The van der Waals surface area contributed by atoms with Crippen LogP contribution in [0, 0.1) is 21.4 Å². The maximum atomic E-state index is 10.8. The third-order valence-corrected chi connectivity index (χ3v) is 4.92. The minimum Gasteiger partial charge on any atom is -0.490 e. The summed E-state index contributed by atoms with van der Waals surface area (Å²) in [5.41, 5.74) is 2.75. The number of rotatable bonds is 8. The van der Waals surface area contributed by atoms with E-state index >= 15 is 0 Å². The number of non-ortho nitro benzene ring substituents is 1. The summed E-state index contributed by atoms with van der Waals surface area (Å²) < 4.78 is 12.7. The Kier molecular flexibility index (Phi) is 7.41. The lowest BCUT2D eigenvalue weighted by atomic mass is 10.0. The van der Waals surface area contributed by atoms with Gasteiger partial charge in [-0.1, -0.05) is 34.1 Å². The van der Waals surface area contributed by atoms with Crippen molar-refractivity contribution in [3.63, 3.8) is 0 Å². The Morgan fingerprint density at radius 3 is 2.39 bits per heavy atom. The SMILES string of the molecule is CCOc1cc(/C=C(/C#N)c2ccc([N+](=O)[O-])cc2)ccc1OCc1ccc(Br)cc1. The first-order valence-electron chi connectivity index (χ1n) is 9.51. The molecule has 0 unspecified atom stereocenters. The molecule has 0 radical (unpaired) electrons. The van der Waals surface area contributed by atoms with Crippen molar-refractivity contribution >= 4 is 33.3 Å². The van der Waals surface area contributed by atoms with E-state index in [9.17, 15) is 15.4 Å². The highest BCUT2D eigenvalue weighted by Crippen LogP contribution is 2.31. The number of nitriles is 1. The van der Waals surface area contributed by atoms with E-state index in [0.29, 0.717) is 35.8 Å². The predicted molar refractivity (Wildman–Crippen MR) is 123 cm³/mol. The van der Waals surface area contributed by atoms with Crippen molar-refractivity contribution < 1.29 is 14.4 Å². The Balaban J connectivity index is 1.83. The lowest BCUT2D eigenvalue weighted by Gasteiger charge is -2.13. The molecule has 0 bridgehead atoms. The van der Waals surface area contributed by atoms with Crippen LogP contribution in [0.2, 0.25) is 0 Å². The Morgan fingerprint density at radius 2 is 1.77 bits per heavy atom. The van der Waals surface area contributed by atoms with Crippen molar-refractivity contribution in [3.05, 3.63) is 98.0 Å². The molecule has 0 aliphatic carbocycles. The fraction of sp³-hybridized carbons (Fsp3) is 0.125. The van der Waals surface area contributed by atoms with Crippen LogP contribution in [0.1, 0.15) is 23.6 Å². The molecule has 0 aliphatic rings. The van der Waals surface area contributed by atoms with E-state index in [4.69, 9.17) is 9.47 Å². The monoisotopic (exact) mass is 478 g/mol. The van der Waals surface area contributed by atoms with E-state index in [2.05, 4.69) is 22.0 Å². The van der Waals surface area contributed by atoms with Crippen LogP contribution in [-0.4, -0.2) is 11.5 Å². The van der Waals surface area contributed by atoms with Crippen molar-refractivity contribution in [2.24, 2.45) is 0 Å². The third-order valence-electron chi connectivity index (χ3n) is 4.40. The zero-order valence-electron chi connectivity index (χ0n) is 16.7. The van der Waals surface area contributed by atoms with Crippen LogP contribution in [0.3, 0.4) is 0 Å². The van der Waals surface area contributed by atoms with Gasteiger partial charge in [-0.3, -0.25) is 10.1 Å². The molecular weight excluding hydrogens is 460 g/mol. The van der Waals surface area contributed by atoms with Crippen LogP contribution in [0.5, 0.6) is 11.5 Å². The highest BCUT2D eigenvalue weighted by atomic mass is 79.9. The largest absolute Gasteiger partial charge is 0.490 e. The van der Waals surface area contributed by atoms with Gasteiger partial charge in [0.2, 0.25) is 0 Å². The molecule has 0 saturated heterocycles. The second kappa shape index (κ2) is 10.4. The summed E-state index contributed by atoms with van der Waals surface area (Å²) in [6.07, 6.45) is 1.71. The summed E-state index contributed by atoms with van der Waals surface area (Å²) >= 11 is 3.41. The van der Waals surface area contributed by atoms with Gasteiger partial charge in [0.15, 0.2) is 11.5 Å². The number of hydrogen-bond acceptors (Lipinski definition) is 5. The van der Waals surface area contributed by atoms with Crippen LogP contribution in [0.25, 0.3) is 11.6 Å². The van der Waals surface area contributed by atoms with Crippen molar-refractivity contribution in [3.8, 4) is 17.6 Å². The fourth-order valence-electron chi connectivity index (χ4n) is 2.85. The van der Waals surface area contributed by atoms with Gasteiger partial charge >= 0.3 is 0 Å². The Morgan fingerprint density at radius 1 is 1.06 bits per heavy atom. The molecule has 0 saturated carbocycles. The van der Waals surface area contributed by atoms with Crippen LogP contribution in [-0.2, 0) is 6.61 Å². The average molecular weight is 479 g/mol. The van der Waals surface area contributed by atoms with Gasteiger partial charge < -0.3 is 9.47 Å². The van der Waals surface area contributed by atoms with Gasteiger partial charge in [-0.2, -0.15) is 5.26 Å². The summed E-state index contributed by atoms with van der Waals surface area (Å²) in [7, 11) is 0. The average Bonchev–Trinajstić information content (AvgIpc) is 2.78. The normalized spacial score (nSPS) is 10.9. The molecule has 0 atom stereocenters. The van der Waals surface area contributed by atoms with Crippen molar-refractivity contribution in [2.45, 2.75) is 13.5 Å². The zero-order valence-corrected chi connectivity index (χ0v) is 18.3. The number of nitro groups is 1. The highest BCUT2D eigenvalue weighted by molar-refractivity contribution is 9.10. The number of nitro benzene ring substituents is 1. The topological polar surface area (TPSA) is 85.4 Å². The molecule has 0 spiro atoms. The smallest absolute Gasteiger partial charge is 0.269 e. The summed E-state index contributed by atoms with van der Waals surface area (Å²) in [4.78, 5) is 10.4. The summed E-state index contributed by atoms with van der Waals surface area (Å²) in [5, 5.41) is 20.4. The van der Waals surface area contributed by atoms with Gasteiger partial charge in [-0.25, -0.2) is 0 Å². The molecule has 31 heavy (non-hydrogen) atoms. The van der Waals surface area contributed by atoms with E-state index in [1.54, 1.807) is 24.3 Å². The van der Waals surface area contributed by atoms with Crippen LogP contribution < -0.4 is 9.47 Å². The van der Waals surface area contributed by atoms with E-state index in [-0.39, 0.29) is 5.69 Å². The number of allylic oxidation sites excluding steroid dienone is 1. The quantitative estimate of drug-likeness (QED) is 0.162. The van der Waals surface area contributed by atoms with Crippen molar-refractivity contribution in [1.29, 1.82) is 5.26 Å². The van der Waals surface area contributed by atoms with Crippen LogP contribution in [0.15, 0.2) is 71.2 Å². The minimum atomic E-state index is -0.471. The Labute approximate surface area is 188 Å². The molecule has 7 heteroatoms. The molecule has 0 aliphatic heterocycles. The first-order chi connectivity index (χ1) is 15.0. The number of ether oxygens (including phenoxy) is 2. The molecule has 3 rings (SSSR count). The van der Waals surface area contributed by atoms with Gasteiger partial charge in [-0.15, -0.1) is 0 Å². The van der Waals surface area contributed by atoms with Gasteiger partial charge in [-0.05, 0) is 66.1 Å². The van der Waals surface area contributed by atoms with E-state index in [0.717, 1.165) is 15.6 Å². The molecule has 0 N–H and O–H groups in total. The van der Waals surface area contributed by atoms with Gasteiger partial charge in [0.05, 0.1) is 23.2 Å². The number of nitrogens with zero attached hydrogens (tertiary/aromatic N) is 2. The van der Waals surface area contributed by atoms with Crippen molar-refractivity contribution in [1.82, 2.24) is 0 Å². The van der Waals surface area contributed by atoms with Crippen LogP contribution >= 0.6 is 15.9 Å². The molecule has 0 fully saturated rings. The van der Waals surface area contributed by atoms with Crippen LogP contribution in [0.4, 0.5) is 5.69 Å². The Bertz CT molecular complexity index is 1130. The zero-order chi connectivity index (χ0) is 22.2. The van der Waals surface area contributed by atoms with Gasteiger partial charge in [0, 0.05) is 16.6 Å². The summed E-state index contributed by atoms with van der Waals surface area (Å²) in [6.45, 7) is 2.75. The lowest BCUT2D eigenvalue weighted by molar-refractivity contribution is -0.384. The maximum Gasteiger partial charge on any atom is 0.269 e. The minimum absolute atomic E-state index is 0.0213. The first-order valence-corrected chi connectivity index (χ1v) is 10.3. The number of hydrogen-bond donors (Lipinski definition) is 0. The molecule has 0 amide bonds. The second-order valence-corrected chi connectivity index (χ2v) is 7.44. The summed E-state index contributed by atoms with van der Waals surface area (Å²) in [6, 6.07) is 21.3. The fourth-order valence-corrected chi connectivity index (χ4v) is 3.12. The van der Waals surface area contributed by atoms with Crippen molar-refractivity contribution in [2.75, 3.05) is 6.61 Å². The second-order valence-electron chi connectivity index (χ2n) is 6.53. The maximum absolute atomic E-state index is 10.8. The Hall–Kier alpha value is -3.63. The van der Waals surface area contributed by atoms with E-state index in [1.807, 2.05) is 43.3 Å². The molecule has 156 valence electrons. The molecule has 3 aromatic carbocycles. The van der Waals surface area contributed by atoms with Gasteiger partial charge in [0.25, 0.3) is 5.69 Å². The van der Waals surface area contributed by atoms with E-state index < -0.39 is 4.92 Å². The highest BCUT2D eigenvalue weighted by Gasteiger charge is 2.10. The molecule has 3 aromatic rings. The van der Waals surface area contributed by atoms with Gasteiger partial charge in [0.1, 0.15) is 6.61 Å². The number of benzene rings is 3. The molecule has 0 aromatic heterocycles. The van der Waals surface area contributed by atoms with E-state index in [1.165, 1.54) is 12.1 Å². The predicted octanol–water partition coefficient (Wildman–Crippen LogP) is 6.40. The molecule has 0 heterocycles. The standard InChI is InChI=1S/C24H19BrN2O4/c1-2-30-24-14-18(5-12-23(24)31-16-17-3-8-21(25)9-4-17)13-20(15-26)19-6-10-22(11-7-19)27(28)29/h3-14H,2,16H2,1H3/b20-13-. The lowest BCUT2D eigenvalue weighted by Crippen LogP contribution is -2.00. The third kappa shape index (κ3) is 5.93. The summed E-state index contributed by atoms with van der Waals surface area (Å²) in [5.74, 6) is 1.19. The number of halogens is 1. The first kappa shape index (κ1) is 22.1. The molecule has 6 nitrogen and oxygen atoms in total. The molecular formula is C24H19BrN2O4.